The Morgan fingerprint density at radius 1 is 1.00 bits per heavy atom. The first-order valence-corrected chi connectivity index (χ1v) is 10.2. The lowest BCUT2D eigenvalue weighted by Crippen LogP contribution is -3.15. The van der Waals surface area contributed by atoms with Gasteiger partial charge in [0.15, 0.2) is 6.54 Å². The SMILES string of the molecule is Cc1ccc(/C=C/C(=O)N2CC[NH+](CC(=O)Nc3c(C)cccc3C)CC2)cc1. The number of amides is 2. The Hall–Kier alpha value is -2.92. The molecule has 1 saturated heterocycles. The number of benzene rings is 2. The van der Waals surface area contributed by atoms with Gasteiger partial charge >= 0.3 is 0 Å². The van der Waals surface area contributed by atoms with E-state index < -0.39 is 0 Å². The van der Waals surface area contributed by atoms with E-state index in [-0.39, 0.29) is 11.8 Å². The molecular weight excluding hydrogens is 362 g/mol. The van der Waals surface area contributed by atoms with Crippen LogP contribution < -0.4 is 10.2 Å². The van der Waals surface area contributed by atoms with Crippen LogP contribution in [-0.4, -0.2) is 49.4 Å². The van der Waals surface area contributed by atoms with Gasteiger partial charge in [-0.3, -0.25) is 9.59 Å². The Morgan fingerprint density at radius 2 is 1.62 bits per heavy atom. The maximum absolute atomic E-state index is 12.5. The van der Waals surface area contributed by atoms with Crippen molar-refractivity contribution in [1.29, 1.82) is 0 Å². The summed E-state index contributed by atoms with van der Waals surface area (Å²) in [4.78, 5) is 28.0. The number of piperazine rings is 1. The van der Waals surface area contributed by atoms with Crippen LogP contribution >= 0.6 is 0 Å². The first-order chi connectivity index (χ1) is 13.9. The number of carbonyl (C=O) groups is 2. The number of nitrogens with one attached hydrogen (secondary N) is 2. The summed E-state index contributed by atoms with van der Waals surface area (Å²) in [7, 11) is 0. The number of para-hydroxylation sites is 1. The van der Waals surface area contributed by atoms with Crippen LogP contribution in [0.25, 0.3) is 6.08 Å². The molecule has 2 amide bonds. The Balaban J connectivity index is 1.46. The molecule has 152 valence electrons. The van der Waals surface area contributed by atoms with Crippen molar-refractivity contribution in [2.75, 3.05) is 38.0 Å². The average molecular weight is 393 g/mol. The Labute approximate surface area is 173 Å². The number of hydrogen-bond donors (Lipinski definition) is 2. The van der Waals surface area contributed by atoms with E-state index in [2.05, 4.69) is 5.32 Å². The Bertz CT molecular complexity index is 875. The van der Waals surface area contributed by atoms with Crippen molar-refractivity contribution in [1.82, 2.24) is 4.90 Å². The molecule has 0 atom stereocenters. The number of carbonyl (C=O) groups excluding carboxylic acids is 2. The summed E-state index contributed by atoms with van der Waals surface area (Å²) in [6, 6.07) is 14.1. The van der Waals surface area contributed by atoms with Gasteiger partial charge in [-0.25, -0.2) is 0 Å². The summed E-state index contributed by atoms with van der Waals surface area (Å²) in [6.07, 6.45) is 3.50. The van der Waals surface area contributed by atoms with Gasteiger partial charge in [0.1, 0.15) is 0 Å². The molecule has 1 aliphatic rings. The van der Waals surface area contributed by atoms with Gasteiger partial charge in [-0.15, -0.1) is 0 Å². The highest BCUT2D eigenvalue weighted by Gasteiger charge is 2.24. The highest BCUT2D eigenvalue weighted by atomic mass is 16.2. The van der Waals surface area contributed by atoms with Gasteiger partial charge in [0.05, 0.1) is 26.2 Å². The first-order valence-electron chi connectivity index (χ1n) is 10.2. The number of hydrogen-bond acceptors (Lipinski definition) is 2. The van der Waals surface area contributed by atoms with E-state index in [1.165, 1.54) is 10.5 Å². The van der Waals surface area contributed by atoms with E-state index in [9.17, 15) is 9.59 Å². The topological polar surface area (TPSA) is 53.9 Å². The average Bonchev–Trinajstić information content (AvgIpc) is 2.71. The summed E-state index contributed by atoms with van der Waals surface area (Å²) in [5.41, 5.74) is 5.28. The Kier molecular flexibility index (Phi) is 6.83. The zero-order chi connectivity index (χ0) is 20.8. The fraction of sp³-hybridized carbons (Fsp3) is 0.333. The van der Waals surface area contributed by atoms with Gasteiger partial charge in [0, 0.05) is 11.8 Å². The number of anilines is 1. The van der Waals surface area contributed by atoms with Crippen molar-refractivity contribution >= 4 is 23.6 Å². The lowest BCUT2D eigenvalue weighted by atomic mass is 10.1. The van der Waals surface area contributed by atoms with E-state index in [1.54, 1.807) is 6.08 Å². The van der Waals surface area contributed by atoms with Crippen LogP contribution in [0.3, 0.4) is 0 Å². The summed E-state index contributed by atoms with van der Waals surface area (Å²) in [5.74, 6) is 0.0565. The molecule has 3 rings (SSSR count). The molecule has 2 N–H and O–H groups in total. The van der Waals surface area contributed by atoms with Gasteiger partial charge in [0.2, 0.25) is 5.91 Å². The fourth-order valence-corrected chi connectivity index (χ4v) is 3.59. The summed E-state index contributed by atoms with van der Waals surface area (Å²) >= 11 is 0. The molecule has 2 aromatic carbocycles. The normalized spacial score (nSPS) is 14.9. The molecule has 0 spiro atoms. The number of aryl methyl sites for hydroxylation is 3. The van der Waals surface area contributed by atoms with Crippen LogP contribution in [-0.2, 0) is 9.59 Å². The highest BCUT2D eigenvalue weighted by molar-refractivity contribution is 5.93. The number of quaternary nitrogens is 1. The summed E-state index contributed by atoms with van der Waals surface area (Å²) in [6.45, 7) is 9.38. The molecule has 0 radical (unpaired) electrons. The monoisotopic (exact) mass is 392 g/mol. The second-order valence-electron chi connectivity index (χ2n) is 7.81. The lowest BCUT2D eigenvalue weighted by Gasteiger charge is -2.31. The van der Waals surface area contributed by atoms with Crippen LogP contribution in [0.5, 0.6) is 0 Å². The number of nitrogens with zero attached hydrogens (tertiary/aromatic N) is 1. The second kappa shape index (κ2) is 9.52. The number of rotatable bonds is 5. The van der Waals surface area contributed by atoms with Crippen LogP contribution in [0.15, 0.2) is 48.5 Å². The minimum Gasteiger partial charge on any atom is -0.328 e. The van der Waals surface area contributed by atoms with Crippen molar-refractivity contribution in [3.63, 3.8) is 0 Å². The van der Waals surface area contributed by atoms with Crippen molar-refractivity contribution in [3.8, 4) is 0 Å². The van der Waals surface area contributed by atoms with E-state index in [4.69, 9.17) is 0 Å². The van der Waals surface area contributed by atoms with Crippen LogP contribution in [0.4, 0.5) is 5.69 Å². The standard InChI is InChI=1S/C24H29N3O2/c1-18-7-9-21(10-8-18)11-12-23(29)27-15-13-26(14-16-27)17-22(28)25-24-19(2)5-4-6-20(24)3/h4-12H,13-17H2,1-3H3,(H,25,28)/p+1/b12-11+. The van der Waals surface area contributed by atoms with Gasteiger partial charge in [-0.05, 0) is 43.5 Å². The van der Waals surface area contributed by atoms with Gasteiger partial charge < -0.3 is 15.1 Å². The molecule has 1 fully saturated rings. The molecule has 5 nitrogen and oxygen atoms in total. The van der Waals surface area contributed by atoms with Crippen molar-refractivity contribution in [2.45, 2.75) is 20.8 Å². The molecule has 1 heterocycles. The molecule has 29 heavy (non-hydrogen) atoms. The second-order valence-corrected chi connectivity index (χ2v) is 7.81. The van der Waals surface area contributed by atoms with Crippen LogP contribution in [0, 0.1) is 20.8 Å². The molecule has 0 aliphatic carbocycles. The minimum absolute atomic E-state index is 0.0245. The highest BCUT2D eigenvalue weighted by Crippen LogP contribution is 2.18. The molecule has 0 saturated carbocycles. The third-order valence-electron chi connectivity index (χ3n) is 5.43. The van der Waals surface area contributed by atoms with Crippen molar-refractivity contribution in [3.05, 3.63) is 70.8 Å². The van der Waals surface area contributed by atoms with E-state index >= 15 is 0 Å². The third-order valence-corrected chi connectivity index (χ3v) is 5.43. The molecule has 0 unspecified atom stereocenters. The fourth-order valence-electron chi connectivity index (χ4n) is 3.59. The lowest BCUT2D eigenvalue weighted by molar-refractivity contribution is -0.895. The Morgan fingerprint density at radius 3 is 2.24 bits per heavy atom. The van der Waals surface area contributed by atoms with Gasteiger partial charge in [-0.2, -0.15) is 0 Å². The van der Waals surface area contributed by atoms with E-state index in [1.807, 2.05) is 74.2 Å². The van der Waals surface area contributed by atoms with E-state index in [0.717, 1.165) is 35.5 Å². The van der Waals surface area contributed by atoms with Crippen molar-refractivity contribution in [2.24, 2.45) is 0 Å². The van der Waals surface area contributed by atoms with Crippen molar-refractivity contribution < 1.29 is 14.5 Å². The molecule has 0 bridgehead atoms. The molecule has 1 aliphatic heterocycles. The third kappa shape index (κ3) is 5.78. The minimum atomic E-state index is 0.0245. The predicted octanol–water partition coefficient (Wildman–Crippen LogP) is 1.99. The zero-order valence-corrected chi connectivity index (χ0v) is 17.5. The quantitative estimate of drug-likeness (QED) is 0.765. The maximum atomic E-state index is 12.5. The van der Waals surface area contributed by atoms with Crippen LogP contribution in [0.2, 0.25) is 0 Å². The van der Waals surface area contributed by atoms with Gasteiger partial charge in [-0.1, -0.05) is 48.0 Å². The predicted molar refractivity (Wildman–Crippen MR) is 117 cm³/mol. The van der Waals surface area contributed by atoms with Crippen LogP contribution in [0.1, 0.15) is 22.3 Å². The largest absolute Gasteiger partial charge is 0.328 e. The van der Waals surface area contributed by atoms with Gasteiger partial charge in [0.25, 0.3) is 5.91 Å². The summed E-state index contributed by atoms with van der Waals surface area (Å²) in [5, 5.41) is 3.05. The molecule has 5 heteroatoms. The van der Waals surface area contributed by atoms with E-state index in [0.29, 0.717) is 19.6 Å². The maximum Gasteiger partial charge on any atom is 0.279 e. The molecule has 0 aromatic heterocycles. The molecule has 2 aromatic rings. The smallest absolute Gasteiger partial charge is 0.279 e. The molecular formula is C24H30N3O2+. The zero-order valence-electron chi connectivity index (χ0n) is 17.5. The summed E-state index contributed by atoms with van der Waals surface area (Å²) < 4.78 is 0. The first kappa shape index (κ1) is 20.8.